The largest absolute Gasteiger partial charge is 0.399 e. The van der Waals surface area contributed by atoms with Gasteiger partial charge in [0, 0.05) is 25.8 Å². The first kappa shape index (κ1) is 17.0. The van der Waals surface area contributed by atoms with Crippen LogP contribution in [0.4, 0.5) is 11.4 Å². The van der Waals surface area contributed by atoms with Crippen LogP contribution in [0.5, 0.6) is 0 Å². The molecule has 1 rings (SSSR count). The molecule has 0 atom stereocenters. The maximum Gasteiger partial charge on any atom is 0.224 e. The standard InChI is InChI=1S/C13H18Cl2N2O3/c1-19-5-6-20-4-2-3-12(18)17-13-10(14)7-9(16)8-11(13)15/h7-8H,2-6,16H2,1H3,(H,17,18). The van der Waals surface area contributed by atoms with Gasteiger partial charge in [0.1, 0.15) is 0 Å². The monoisotopic (exact) mass is 320 g/mol. The van der Waals surface area contributed by atoms with Gasteiger partial charge in [-0.05, 0) is 18.6 Å². The fourth-order valence-electron chi connectivity index (χ4n) is 1.49. The number of nitrogens with two attached hydrogens (primary N) is 1. The summed E-state index contributed by atoms with van der Waals surface area (Å²) in [5, 5.41) is 3.31. The minimum Gasteiger partial charge on any atom is -0.399 e. The predicted octanol–water partition coefficient (Wildman–Crippen LogP) is 2.96. The maximum atomic E-state index is 11.8. The van der Waals surface area contributed by atoms with Gasteiger partial charge < -0.3 is 20.5 Å². The molecule has 0 aliphatic rings. The van der Waals surface area contributed by atoms with Crippen molar-refractivity contribution in [2.24, 2.45) is 0 Å². The van der Waals surface area contributed by atoms with E-state index in [1.807, 2.05) is 0 Å². The maximum absolute atomic E-state index is 11.8. The Kier molecular flexibility index (Phi) is 7.69. The zero-order chi connectivity index (χ0) is 15.0. The average molecular weight is 321 g/mol. The van der Waals surface area contributed by atoms with E-state index in [1.54, 1.807) is 7.11 Å². The van der Waals surface area contributed by atoms with E-state index in [1.165, 1.54) is 12.1 Å². The van der Waals surface area contributed by atoms with Crippen molar-refractivity contribution in [3.63, 3.8) is 0 Å². The van der Waals surface area contributed by atoms with Crippen LogP contribution >= 0.6 is 23.2 Å². The lowest BCUT2D eigenvalue weighted by Gasteiger charge is -2.10. The van der Waals surface area contributed by atoms with Crippen LogP contribution in [0, 0.1) is 0 Å². The van der Waals surface area contributed by atoms with Gasteiger partial charge in [-0.1, -0.05) is 23.2 Å². The van der Waals surface area contributed by atoms with Gasteiger partial charge in [0.2, 0.25) is 5.91 Å². The minimum absolute atomic E-state index is 0.172. The van der Waals surface area contributed by atoms with Crippen molar-refractivity contribution in [2.45, 2.75) is 12.8 Å². The number of benzene rings is 1. The number of rotatable bonds is 8. The summed E-state index contributed by atoms with van der Waals surface area (Å²) in [6, 6.07) is 3.08. The van der Waals surface area contributed by atoms with Gasteiger partial charge in [-0.2, -0.15) is 0 Å². The quantitative estimate of drug-likeness (QED) is 0.570. The number of hydrogen-bond acceptors (Lipinski definition) is 4. The van der Waals surface area contributed by atoms with Gasteiger partial charge >= 0.3 is 0 Å². The third kappa shape index (κ3) is 5.96. The molecule has 5 nitrogen and oxygen atoms in total. The van der Waals surface area contributed by atoms with E-state index in [2.05, 4.69) is 5.32 Å². The van der Waals surface area contributed by atoms with Crippen molar-refractivity contribution in [1.82, 2.24) is 0 Å². The summed E-state index contributed by atoms with van der Waals surface area (Å²) in [5.41, 5.74) is 6.42. The Morgan fingerprint density at radius 1 is 1.25 bits per heavy atom. The number of anilines is 2. The highest BCUT2D eigenvalue weighted by Crippen LogP contribution is 2.32. The molecule has 0 saturated heterocycles. The lowest BCUT2D eigenvalue weighted by atomic mass is 10.2. The second-order valence-corrected chi connectivity index (χ2v) is 4.93. The Morgan fingerprint density at radius 3 is 2.50 bits per heavy atom. The smallest absolute Gasteiger partial charge is 0.224 e. The lowest BCUT2D eigenvalue weighted by molar-refractivity contribution is -0.116. The third-order valence-electron chi connectivity index (χ3n) is 2.45. The number of ether oxygens (including phenoxy) is 2. The summed E-state index contributed by atoms with van der Waals surface area (Å²) in [6.07, 6.45) is 0.934. The van der Waals surface area contributed by atoms with E-state index in [4.69, 9.17) is 38.4 Å². The zero-order valence-corrected chi connectivity index (χ0v) is 12.8. The van der Waals surface area contributed by atoms with Crippen LogP contribution < -0.4 is 11.1 Å². The molecule has 0 fully saturated rings. The first-order valence-electron chi connectivity index (χ1n) is 6.15. The fourth-order valence-corrected chi connectivity index (χ4v) is 2.09. The van der Waals surface area contributed by atoms with Gasteiger partial charge in [-0.25, -0.2) is 0 Å². The summed E-state index contributed by atoms with van der Waals surface area (Å²) in [7, 11) is 1.61. The summed E-state index contributed by atoms with van der Waals surface area (Å²) < 4.78 is 10.1. The molecule has 0 heterocycles. The predicted molar refractivity (Wildman–Crippen MR) is 81.4 cm³/mol. The molecule has 20 heavy (non-hydrogen) atoms. The molecule has 0 saturated carbocycles. The Balaban J connectivity index is 2.36. The number of nitrogen functional groups attached to an aromatic ring is 1. The van der Waals surface area contributed by atoms with E-state index in [-0.39, 0.29) is 5.91 Å². The summed E-state index contributed by atoms with van der Waals surface area (Å²) in [6.45, 7) is 1.57. The van der Waals surface area contributed by atoms with Crippen molar-refractivity contribution in [1.29, 1.82) is 0 Å². The molecule has 1 aromatic rings. The molecule has 1 aromatic carbocycles. The number of carbonyl (C=O) groups excluding carboxylic acids is 1. The molecule has 0 radical (unpaired) electrons. The van der Waals surface area contributed by atoms with Crippen LogP contribution in [0.1, 0.15) is 12.8 Å². The van der Waals surface area contributed by atoms with Crippen molar-refractivity contribution in [2.75, 3.05) is 38.0 Å². The topological polar surface area (TPSA) is 73.6 Å². The SMILES string of the molecule is COCCOCCCC(=O)Nc1c(Cl)cc(N)cc1Cl. The Labute approximate surface area is 128 Å². The normalized spacial score (nSPS) is 10.6. The van der Waals surface area contributed by atoms with E-state index >= 15 is 0 Å². The Hall–Kier alpha value is -1.01. The van der Waals surface area contributed by atoms with Crippen LogP contribution in [-0.2, 0) is 14.3 Å². The van der Waals surface area contributed by atoms with Gasteiger partial charge in [-0.3, -0.25) is 4.79 Å². The molecule has 0 bridgehead atoms. The zero-order valence-electron chi connectivity index (χ0n) is 11.2. The second kappa shape index (κ2) is 9.02. The highest BCUT2D eigenvalue weighted by molar-refractivity contribution is 6.40. The highest BCUT2D eigenvalue weighted by Gasteiger charge is 2.10. The molecule has 3 N–H and O–H groups in total. The Morgan fingerprint density at radius 2 is 1.90 bits per heavy atom. The van der Waals surface area contributed by atoms with Crippen molar-refractivity contribution in [3.05, 3.63) is 22.2 Å². The summed E-state index contributed by atoms with van der Waals surface area (Å²) in [5.74, 6) is -0.172. The molecule has 0 spiro atoms. The highest BCUT2D eigenvalue weighted by atomic mass is 35.5. The molecule has 1 amide bonds. The van der Waals surface area contributed by atoms with E-state index in [9.17, 15) is 4.79 Å². The van der Waals surface area contributed by atoms with Crippen molar-refractivity contribution >= 4 is 40.5 Å². The molecular weight excluding hydrogens is 303 g/mol. The number of halogens is 2. The molecule has 0 aliphatic heterocycles. The van der Waals surface area contributed by atoms with Crippen LogP contribution in [0.25, 0.3) is 0 Å². The van der Waals surface area contributed by atoms with Crippen LogP contribution in [0.3, 0.4) is 0 Å². The molecule has 0 unspecified atom stereocenters. The number of carbonyl (C=O) groups is 1. The van der Waals surface area contributed by atoms with Crippen LogP contribution in [0.15, 0.2) is 12.1 Å². The second-order valence-electron chi connectivity index (χ2n) is 4.12. The summed E-state index contributed by atoms with van der Waals surface area (Å²) in [4.78, 5) is 11.8. The van der Waals surface area contributed by atoms with E-state index in [0.29, 0.717) is 54.1 Å². The number of amides is 1. The van der Waals surface area contributed by atoms with Gasteiger partial charge in [-0.15, -0.1) is 0 Å². The van der Waals surface area contributed by atoms with E-state index in [0.717, 1.165) is 0 Å². The fraction of sp³-hybridized carbons (Fsp3) is 0.462. The van der Waals surface area contributed by atoms with Gasteiger partial charge in [0.15, 0.2) is 0 Å². The first-order valence-corrected chi connectivity index (χ1v) is 6.91. The van der Waals surface area contributed by atoms with Crippen molar-refractivity contribution < 1.29 is 14.3 Å². The lowest BCUT2D eigenvalue weighted by Crippen LogP contribution is -2.13. The summed E-state index contributed by atoms with van der Waals surface area (Å²) >= 11 is 12.0. The van der Waals surface area contributed by atoms with Crippen molar-refractivity contribution in [3.8, 4) is 0 Å². The first-order chi connectivity index (χ1) is 9.54. The van der Waals surface area contributed by atoms with Gasteiger partial charge in [0.25, 0.3) is 0 Å². The van der Waals surface area contributed by atoms with E-state index < -0.39 is 0 Å². The van der Waals surface area contributed by atoms with Crippen LogP contribution in [-0.4, -0.2) is 32.8 Å². The molecule has 0 aromatic heterocycles. The third-order valence-corrected chi connectivity index (χ3v) is 3.05. The van der Waals surface area contributed by atoms with Crippen LogP contribution in [0.2, 0.25) is 10.0 Å². The number of methoxy groups -OCH3 is 1. The molecule has 112 valence electrons. The molecule has 0 aliphatic carbocycles. The average Bonchev–Trinajstić information content (AvgIpc) is 2.38. The minimum atomic E-state index is -0.172. The molecule has 7 heteroatoms. The number of hydrogen-bond donors (Lipinski definition) is 2. The number of nitrogens with one attached hydrogen (secondary N) is 1. The Bertz CT molecular complexity index is 432. The van der Waals surface area contributed by atoms with Gasteiger partial charge in [0.05, 0.1) is 28.9 Å². The molecular formula is C13H18Cl2N2O3.